The second-order valence-corrected chi connectivity index (χ2v) is 3.18. The van der Waals surface area contributed by atoms with Gasteiger partial charge in [-0.1, -0.05) is 0 Å². The van der Waals surface area contributed by atoms with Gasteiger partial charge < -0.3 is 15.5 Å². The molecule has 0 fully saturated rings. The quantitative estimate of drug-likeness (QED) is 0.675. The fourth-order valence-electron chi connectivity index (χ4n) is 1.12. The van der Waals surface area contributed by atoms with Crippen molar-refractivity contribution in [2.24, 2.45) is 0 Å². The van der Waals surface area contributed by atoms with Gasteiger partial charge in [0.1, 0.15) is 5.82 Å². The fourth-order valence-corrected chi connectivity index (χ4v) is 1.12. The Labute approximate surface area is 82.2 Å². The Morgan fingerprint density at radius 3 is 2.79 bits per heavy atom. The molecule has 1 aromatic carbocycles. The van der Waals surface area contributed by atoms with E-state index in [-0.39, 0.29) is 19.0 Å². The summed E-state index contributed by atoms with van der Waals surface area (Å²) in [5, 5.41) is 20.6. The van der Waals surface area contributed by atoms with Crippen molar-refractivity contribution in [1.82, 2.24) is 0 Å². The van der Waals surface area contributed by atoms with E-state index >= 15 is 0 Å². The lowest BCUT2D eigenvalue weighted by Gasteiger charge is -2.12. The van der Waals surface area contributed by atoms with Crippen LogP contribution in [0.25, 0.3) is 0 Å². The van der Waals surface area contributed by atoms with E-state index in [9.17, 15) is 4.39 Å². The van der Waals surface area contributed by atoms with Crippen molar-refractivity contribution in [3.63, 3.8) is 0 Å². The minimum Gasteiger partial charge on any atom is -0.394 e. The first-order chi connectivity index (χ1) is 6.63. The van der Waals surface area contributed by atoms with Gasteiger partial charge >= 0.3 is 0 Å². The van der Waals surface area contributed by atoms with Crippen LogP contribution in [0.1, 0.15) is 5.56 Å². The molecule has 0 amide bonds. The summed E-state index contributed by atoms with van der Waals surface area (Å²) in [4.78, 5) is 0. The zero-order valence-corrected chi connectivity index (χ0v) is 8.00. The Bertz CT molecular complexity index is 304. The van der Waals surface area contributed by atoms with Crippen LogP contribution in [0.15, 0.2) is 18.2 Å². The molecule has 0 aromatic heterocycles. The van der Waals surface area contributed by atoms with E-state index in [2.05, 4.69) is 5.32 Å². The Morgan fingerprint density at radius 2 is 2.21 bits per heavy atom. The first-order valence-electron chi connectivity index (χ1n) is 4.42. The molecule has 0 bridgehead atoms. The monoisotopic (exact) mass is 199 g/mol. The van der Waals surface area contributed by atoms with Crippen LogP contribution in [0, 0.1) is 12.7 Å². The molecule has 0 unspecified atom stereocenters. The van der Waals surface area contributed by atoms with Gasteiger partial charge in [-0.15, -0.1) is 0 Å². The van der Waals surface area contributed by atoms with Gasteiger partial charge in [0.2, 0.25) is 0 Å². The lowest BCUT2D eigenvalue weighted by molar-refractivity contribution is 0.105. The molecule has 0 saturated carbocycles. The molecule has 0 saturated heterocycles. The maximum absolute atomic E-state index is 12.7. The molecule has 0 heterocycles. The summed E-state index contributed by atoms with van der Waals surface area (Å²) in [5.41, 5.74) is 1.54. The summed E-state index contributed by atoms with van der Waals surface area (Å²) in [7, 11) is 0. The summed E-state index contributed by atoms with van der Waals surface area (Å²) in [6.45, 7) is 1.74. The number of hydrogen-bond acceptors (Lipinski definition) is 3. The second kappa shape index (κ2) is 4.93. The van der Waals surface area contributed by atoms with Gasteiger partial charge in [-0.2, -0.15) is 0 Å². The molecule has 1 atom stereocenters. The van der Waals surface area contributed by atoms with E-state index in [4.69, 9.17) is 10.2 Å². The van der Waals surface area contributed by atoms with Gasteiger partial charge in [-0.25, -0.2) is 4.39 Å². The molecule has 14 heavy (non-hydrogen) atoms. The molecule has 1 aromatic rings. The zero-order chi connectivity index (χ0) is 10.6. The van der Waals surface area contributed by atoms with Crippen molar-refractivity contribution in [3.05, 3.63) is 29.6 Å². The van der Waals surface area contributed by atoms with Gasteiger partial charge in [0.05, 0.1) is 12.7 Å². The number of anilines is 1. The minimum absolute atomic E-state index is 0.253. The van der Waals surface area contributed by atoms with E-state index in [0.29, 0.717) is 0 Å². The average molecular weight is 199 g/mol. The van der Waals surface area contributed by atoms with Crippen molar-refractivity contribution in [3.8, 4) is 0 Å². The molecule has 4 heteroatoms. The highest BCUT2D eigenvalue weighted by Crippen LogP contribution is 2.15. The predicted octanol–water partition coefficient (Wildman–Crippen LogP) is 0.899. The number of halogens is 1. The van der Waals surface area contributed by atoms with E-state index in [1.165, 1.54) is 12.1 Å². The summed E-state index contributed by atoms with van der Waals surface area (Å²) in [5.74, 6) is -0.282. The van der Waals surface area contributed by atoms with Gasteiger partial charge in [0, 0.05) is 12.2 Å². The molecule has 1 rings (SSSR count). The number of nitrogens with one attached hydrogen (secondary N) is 1. The van der Waals surface area contributed by atoms with Crippen LogP contribution in [-0.4, -0.2) is 29.5 Å². The summed E-state index contributed by atoms with van der Waals surface area (Å²) in [6.07, 6.45) is -0.792. The summed E-state index contributed by atoms with van der Waals surface area (Å²) < 4.78 is 12.7. The first-order valence-corrected chi connectivity index (χ1v) is 4.42. The fraction of sp³-hybridized carbons (Fsp3) is 0.400. The number of hydrogen-bond donors (Lipinski definition) is 3. The largest absolute Gasteiger partial charge is 0.394 e. The highest BCUT2D eigenvalue weighted by atomic mass is 19.1. The smallest absolute Gasteiger partial charge is 0.123 e. The lowest BCUT2D eigenvalue weighted by atomic mass is 10.2. The second-order valence-electron chi connectivity index (χ2n) is 3.18. The molecule has 78 valence electrons. The number of aliphatic hydroxyl groups excluding tert-OH is 2. The Morgan fingerprint density at radius 1 is 1.50 bits per heavy atom. The molecular formula is C10H14FNO2. The van der Waals surface area contributed by atoms with Crippen molar-refractivity contribution in [2.75, 3.05) is 18.5 Å². The van der Waals surface area contributed by atoms with E-state index in [1.54, 1.807) is 13.0 Å². The molecule has 3 N–H and O–H groups in total. The molecule has 0 spiro atoms. The van der Waals surface area contributed by atoms with E-state index in [1.807, 2.05) is 0 Å². The Balaban J connectivity index is 2.59. The predicted molar refractivity (Wildman–Crippen MR) is 52.7 cm³/mol. The lowest BCUT2D eigenvalue weighted by Crippen LogP contribution is -2.23. The zero-order valence-electron chi connectivity index (χ0n) is 8.00. The van der Waals surface area contributed by atoms with Crippen LogP contribution in [-0.2, 0) is 0 Å². The Kier molecular flexibility index (Phi) is 3.85. The van der Waals surface area contributed by atoms with Crippen LogP contribution in [0.3, 0.4) is 0 Å². The van der Waals surface area contributed by atoms with Gasteiger partial charge in [0.15, 0.2) is 0 Å². The van der Waals surface area contributed by atoms with Gasteiger partial charge in [-0.3, -0.25) is 0 Å². The topological polar surface area (TPSA) is 52.5 Å². The SMILES string of the molecule is Cc1cc(F)ccc1NC[C@H](O)CO. The number of rotatable bonds is 4. The highest BCUT2D eigenvalue weighted by Gasteiger charge is 2.03. The standard InChI is InChI=1S/C10H14FNO2/c1-7-4-8(11)2-3-10(7)12-5-9(14)6-13/h2-4,9,12-14H,5-6H2,1H3/t9-/m0/s1. The molecule has 0 aliphatic heterocycles. The normalized spacial score (nSPS) is 12.6. The molecule has 0 aliphatic rings. The third-order valence-electron chi connectivity index (χ3n) is 1.93. The van der Waals surface area contributed by atoms with E-state index in [0.717, 1.165) is 11.3 Å². The van der Waals surface area contributed by atoms with Crippen LogP contribution in [0.2, 0.25) is 0 Å². The maximum atomic E-state index is 12.7. The molecule has 3 nitrogen and oxygen atoms in total. The molecule has 0 aliphatic carbocycles. The van der Waals surface area contributed by atoms with Crippen molar-refractivity contribution < 1.29 is 14.6 Å². The number of benzene rings is 1. The van der Waals surface area contributed by atoms with Crippen LogP contribution < -0.4 is 5.32 Å². The number of aliphatic hydroxyl groups is 2. The first kappa shape index (κ1) is 10.9. The van der Waals surface area contributed by atoms with Crippen LogP contribution in [0.4, 0.5) is 10.1 Å². The summed E-state index contributed by atoms with van der Waals surface area (Å²) in [6, 6.07) is 4.36. The highest BCUT2D eigenvalue weighted by molar-refractivity contribution is 5.50. The van der Waals surface area contributed by atoms with Crippen molar-refractivity contribution >= 4 is 5.69 Å². The molecule has 0 radical (unpaired) electrons. The van der Waals surface area contributed by atoms with E-state index < -0.39 is 6.10 Å². The molecular weight excluding hydrogens is 185 g/mol. The van der Waals surface area contributed by atoms with Crippen molar-refractivity contribution in [1.29, 1.82) is 0 Å². The maximum Gasteiger partial charge on any atom is 0.123 e. The summed E-state index contributed by atoms with van der Waals surface area (Å²) >= 11 is 0. The van der Waals surface area contributed by atoms with Gasteiger partial charge in [-0.05, 0) is 30.7 Å². The van der Waals surface area contributed by atoms with Crippen molar-refractivity contribution in [2.45, 2.75) is 13.0 Å². The van der Waals surface area contributed by atoms with Crippen LogP contribution >= 0.6 is 0 Å². The minimum atomic E-state index is -0.792. The third-order valence-corrected chi connectivity index (χ3v) is 1.93. The van der Waals surface area contributed by atoms with Gasteiger partial charge in [0.25, 0.3) is 0 Å². The Hall–Kier alpha value is -1.13. The third kappa shape index (κ3) is 2.97. The number of aryl methyl sites for hydroxylation is 1. The average Bonchev–Trinajstić information content (AvgIpc) is 2.16. The van der Waals surface area contributed by atoms with Crippen LogP contribution in [0.5, 0.6) is 0 Å².